The van der Waals surface area contributed by atoms with Crippen molar-refractivity contribution in [2.75, 3.05) is 5.32 Å². The summed E-state index contributed by atoms with van der Waals surface area (Å²) in [6, 6.07) is 21.0. The zero-order chi connectivity index (χ0) is 22.7. The Labute approximate surface area is 185 Å². The molecule has 6 nitrogen and oxygen atoms in total. The smallest absolute Gasteiger partial charge is 0.336 e. The molecule has 32 heavy (non-hydrogen) atoms. The Bertz CT molecular complexity index is 1250. The van der Waals surface area contributed by atoms with Crippen molar-refractivity contribution < 1.29 is 13.9 Å². The van der Waals surface area contributed by atoms with Gasteiger partial charge in [-0.15, -0.1) is 5.10 Å². The highest BCUT2D eigenvalue weighted by Crippen LogP contribution is 2.25. The van der Waals surface area contributed by atoms with Crippen LogP contribution in [0.1, 0.15) is 29.8 Å². The predicted octanol–water partition coefficient (Wildman–Crippen LogP) is 5.42. The Kier molecular flexibility index (Phi) is 5.98. The topological polar surface area (TPSA) is 69.0 Å². The van der Waals surface area contributed by atoms with Crippen LogP contribution in [-0.4, -0.2) is 26.8 Å². The number of hydrogen-bond donors (Lipinski definition) is 1. The fraction of sp³-hybridized carbons (Fsp3) is 0.160. The van der Waals surface area contributed by atoms with Crippen LogP contribution in [0.25, 0.3) is 17.1 Å². The quantitative estimate of drug-likeness (QED) is 0.443. The van der Waals surface area contributed by atoms with E-state index in [0.717, 1.165) is 5.56 Å². The summed E-state index contributed by atoms with van der Waals surface area (Å²) in [5.74, 6) is -0.0841. The van der Waals surface area contributed by atoms with E-state index in [9.17, 15) is 9.18 Å². The molecule has 0 spiro atoms. The maximum atomic E-state index is 13.8. The largest absolute Gasteiger partial charge is 0.460 e. The van der Waals surface area contributed by atoms with Gasteiger partial charge < -0.3 is 10.1 Å². The first kappa shape index (κ1) is 21.2. The van der Waals surface area contributed by atoms with Gasteiger partial charge in [0.2, 0.25) is 0 Å². The average Bonchev–Trinajstić information content (AvgIpc) is 3.17. The zero-order valence-electron chi connectivity index (χ0n) is 18.0. The van der Waals surface area contributed by atoms with Crippen LogP contribution in [0.4, 0.5) is 10.1 Å². The Morgan fingerprint density at radius 1 is 1.03 bits per heavy atom. The number of carbonyl (C=O) groups excluding carboxylic acids is 1. The summed E-state index contributed by atoms with van der Waals surface area (Å²) in [5, 5.41) is 7.35. The molecule has 0 bridgehead atoms. The molecule has 162 valence electrons. The molecule has 0 fully saturated rings. The van der Waals surface area contributed by atoms with Crippen molar-refractivity contribution in [2.24, 2.45) is 0 Å². The minimum atomic E-state index is -0.363. The van der Waals surface area contributed by atoms with Crippen LogP contribution >= 0.6 is 0 Å². The van der Waals surface area contributed by atoms with Crippen LogP contribution in [0.2, 0.25) is 0 Å². The molecule has 1 N–H and O–H groups in total. The normalized spacial score (nSPS) is 10.9. The van der Waals surface area contributed by atoms with Gasteiger partial charge in [-0.2, -0.15) is 4.98 Å². The lowest BCUT2D eigenvalue weighted by Crippen LogP contribution is -2.13. The average molecular weight is 430 g/mol. The van der Waals surface area contributed by atoms with Crippen molar-refractivity contribution in [1.29, 1.82) is 0 Å². The van der Waals surface area contributed by atoms with E-state index in [0.29, 0.717) is 28.3 Å². The molecule has 3 aromatic carbocycles. The van der Waals surface area contributed by atoms with Gasteiger partial charge in [0.05, 0.1) is 11.8 Å². The third kappa shape index (κ3) is 4.67. The second-order valence-corrected chi connectivity index (χ2v) is 7.62. The minimum Gasteiger partial charge on any atom is -0.460 e. The van der Waals surface area contributed by atoms with Gasteiger partial charge in [0.25, 0.3) is 5.91 Å². The molecule has 4 aromatic rings. The first-order chi connectivity index (χ1) is 15.4. The molecule has 4 rings (SSSR count). The van der Waals surface area contributed by atoms with Crippen LogP contribution in [0.15, 0.2) is 72.8 Å². The molecule has 0 aliphatic carbocycles. The first-order valence-corrected chi connectivity index (χ1v) is 10.3. The molecule has 1 aromatic heterocycles. The number of aryl methyl sites for hydroxylation is 1. The Morgan fingerprint density at radius 3 is 2.47 bits per heavy atom. The van der Waals surface area contributed by atoms with Crippen LogP contribution in [0, 0.1) is 12.7 Å². The lowest BCUT2D eigenvalue weighted by Gasteiger charge is -2.09. The van der Waals surface area contributed by atoms with Crippen molar-refractivity contribution >= 4 is 11.6 Å². The van der Waals surface area contributed by atoms with E-state index in [-0.39, 0.29) is 23.8 Å². The minimum absolute atomic E-state index is 0.106. The van der Waals surface area contributed by atoms with E-state index in [1.807, 2.05) is 51.1 Å². The number of carbonyl (C=O) groups is 1. The number of nitrogens with one attached hydrogen (secondary N) is 1. The van der Waals surface area contributed by atoms with E-state index in [1.54, 1.807) is 35.0 Å². The van der Waals surface area contributed by atoms with Gasteiger partial charge in [-0.25, -0.2) is 9.07 Å². The summed E-state index contributed by atoms with van der Waals surface area (Å²) < 4.78 is 21.1. The van der Waals surface area contributed by atoms with E-state index in [4.69, 9.17) is 4.74 Å². The summed E-state index contributed by atoms with van der Waals surface area (Å²) in [5.41, 5.74) is 3.45. The molecular weight excluding hydrogens is 407 g/mol. The zero-order valence-corrected chi connectivity index (χ0v) is 18.0. The van der Waals surface area contributed by atoms with Crippen LogP contribution in [0.3, 0.4) is 0 Å². The number of rotatable bonds is 6. The monoisotopic (exact) mass is 430 g/mol. The standard InChI is InChI=1S/C25H23FN4O2/c1-16(2)32-25-28-23(18-8-6-9-19(26)15-18)30(29-25)21-13-11-20(12-14-21)27-24(31)22-10-5-4-7-17(22)3/h4-16H,1-3H3,(H,27,31). The highest BCUT2D eigenvalue weighted by molar-refractivity contribution is 6.05. The molecule has 7 heteroatoms. The van der Waals surface area contributed by atoms with Crippen LogP contribution < -0.4 is 10.1 Å². The highest BCUT2D eigenvalue weighted by atomic mass is 19.1. The molecule has 0 aliphatic rings. The van der Waals surface area contributed by atoms with Gasteiger partial charge in [0.1, 0.15) is 5.82 Å². The number of halogens is 1. The van der Waals surface area contributed by atoms with Gasteiger partial charge in [0.15, 0.2) is 5.82 Å². The molecule has 0 unspecified atom stereocenters. The van der Waals surface area contributed by atoms with Crippen molar-refractivity contribution in [2.45, 2.75) is 26.9 Å². The van der Waals surface area contributed by atoms with Crippen molar-refractivity contribution in [1.82, 2.24) is 14.8 Å². The maximum Gasteiger partial charge on any atom is 0.336 e. The number of hydrogen-bond acceptors (Lipinski definition) is 4. The maximum absolute atomic E-state index is 13.8. The summed E-state index contributed by atoms with van der Waals surface area (Å²) in [7, 11) is 0. The molecule has 1 amide bonds. The first-order valence-electron chi connectivity index (χ1n) is 10.3. The third-order valence-electron chi connectivity index (χ3n) is 4.77. The molecule has 0 aliphatic heterocycles. The van der Waals surface area contributed by atoms with E-state index >= 15 is 0 Å². The molecule has 0 saturated carbocycles. The number of aromatic nitrogens is 3. The van der Waals surface area contributed by atoms with Gasteiger partial charge >= 0.3 is 6.01 Å². The number of amides is 1. The van der Waals surface area contributed by atoms with E-state index in [1.165, 1.54) is 12.1 Å². The Morgan fingerprint density at radius 2 is 1.78 bits per heavy atom. The second-order valence-electron chi connectivity index (χ2n) is 7.62. The molecule has 0 atom stereocenters. The van der Waals surface area contributed by atoms with Gasteiger partial charge in [-0.1, -0.05) is 30.3 Å². The number of nitrogens with zero attached hydrogens (tertiary/aromatic N) is 3. The van der Waals surface area contributed by atoms with Gasteiger partial charge in [0, 0.05) is 16.8 Å². The lowest BCUT2D eigenvalue weighted by atomic mass is 10.1. The number of anilines is 1. The SMILES string of the molecule is Cc1ccccc1C(=O)Nc1ccc(-n2nc(OC(C)C)nc2-c2cccc(F)c2)cc1. The molecular formula is C25H23FN4O2. The number of benzene rings is 3. The predicted molar refractivity (Wildman–Crippen MR) is 122 cm³/mol. The van der Waals surface area contributed by atoms with Gasteiger partial charge in [-0.05, 0) is 68.8 Å². The number of ether oxygens (including phenoxy) is 1. The fourth-order valence-electron chi connectivity index (χ4n) is 3.26. The Hall–Kier alpha value is -4.00. The lowest BCUT2D eigenvalue weighted by molar-refractivity contribution is 0.102. The summed E-state index contributed by atoms with van der Waals surface area (Å²) >= 11 is 0. The summed E-state index contributed by atoms with van der Waals surface area (Å²) in [6.07, 6.45) is -0.106. The highest BCUT2D eigenvalue weighted by Gasteiger charge is 2.16. The summed E-state index contributed by atoms with van der Waals surface area (Å²) in [4.78, 5) is 17.0. The van der Waals surface area contributed by atoms with Crippen molar-refractivity contribution in [3.63, 3.8) is 0 Å². The third-order valence-corrected chi connectivity index (χ3v) is 4.77. The van der Waals surface area contributed by atoms with Crippen molar-refractivity contribution in [3.05, 3.63) is 89.7 Å². The fourth-order valence-corrected chi connectivity index (χ4v) is 3.26. The Balaban J connectivity index is 1.64. The van der Waals surface area contributed by atoms with Crippen LogP contribution in [0.5, 0.6) is 6.01 Å². The molecule has 1 heterocycles. The van der Waals surface area contributed by atoms with Crippen molar-refractivity contribution in [3.8, 4) is 23.1 Å². The van der Waals surface area contributed by atoms with E-state index in [2.05, 4.69) is 15.4 Å². The summed E-state index contributed by atoms with van der Waals surface area (Å²) in [6.45, 7) is 5.66. The molecule has 0 radical (unpaired) electrons. The van der Waals surface area contributed by atoms with Gasteiger partial charge in [-0.3, -0.25) is 4.79 Å². The van der Waals surface area contributed by atoms with Crippen LogP contribution in [-0.2, 0) is 0 Å². The van der Waals surface area contributed by atoms with E-state index < -0.39 is 0 Å². The molecule has 0 saturated heterocycles. The second kappa shape index (κ2) is 9.01.